The third-order valence-corrected chi connectivity index (χ3v) is 6.49. The first-order valence-electron chi connectivity index (χ1n) is 6.85. The van der Waals surface area contributed by atoms with E-state index in [2.05, 4.69) is 21.8 Å². The topological polar surface area (TPSA) is 101 Å². The van der Waals surface area contributed by atoms with Gasteiger partial charge in [-0.25, -0.2) is 13.1 Å². The first kappa shape index (κ1) is 15.8. The van der Waals surface area contributed by atoms with Crippen LogP contribution in [0, 0.1) is 6.92 Å². The normalized spacial score (nSPS) is 23.4. The van der Waals surface area contributed by atoms with Gasteiger partial charge in [-0.3, -0.25) is 5.10 Å². The molecule has 1 fully saturated rings. The third-order valence-electron chi connectivity index (χ3n) is 3.53. The molecular weight excluding hydrogens is 296 g/mol. The molecular formula is C12H22N4O2S2. The number of nitrogens with one attached hydrogen (secondary N) is 2. The predicted octanol–water partition coefficient (Wildman–Crippen LogP) is 1.13. The van der Waals surface area contributed by atoms with Gasteiger partial charge in [0.25, 0.3) is 0 Å². The second kappa shape index (κ2) is 6.46. The van der Waals surface area contributed by atoms with Crippen molar-refractivity contribution in [1.29, 1.82) is 0 Å². The Morgan fingerprint density at radius 1 is 1.50 bits per heavy atom. The van der Waals surface area contributed by atoms with Crippen LogP contribution < -0.4 is 10.5 Å². The van der Waals surface area contributed by atoms with Crippen molar-refractivity contribution in [3.05, 3.63) is 11.4 Å². The van der Waals surface area contributed by atoms with E-state index in [9.17, 15) is 8.42 Å². The first-order chi connectivity index (χ1) is 9.47. The largest absolute Gasteiger partial charge is 0.325 e. The highest BCUT2D eigenvalue weighted by atomic mass is 32.2. The zero-order chi connectivity index (χ0) is 14.8. The zero-order valence-electron chi connectivity index (χ0n) is 11.8. The second-order valence-corrected chi connectivity index (χ2v) is 8.27. The van der Waals surface area contributed by atoms with E-state index < -0.39 is 10.0 Å². The Kier molecular flexibility index (Phi) is 5.11. The van der Waals surface area contributed by atoms with Crippen LogP contribution in [0.3, 0.4) is 0 Å². The van der Waals surface area contributed by atoms with Crippen molar-refractivity contribution in [1.82, 2.24) is 14.9 Å². The number of hydrogen-bond donors (Lipinski definition) is 3. The van der Waals surface area contributed by atoms with Crippen LogP contribution in [0.25, 0.3) is 0 Å². The van der Waals surface area contributed by atoms with Crippen LogP contribution in [-0.4, -0.2) is 35.7 Å². The fourth-order valence-electron chi connectivity index (χ4n) is 2.68. The van der Waals surface area contributed by atoms with Gasteiger partial charge in [0.2, 0.25) is 10.0 Å². The molecule has 20 heavy (non-hydrogen) atoms. The Hall–Kier alpha value is -0.570. The van der Waals surface area contributed by atoms with Crippen LogP contribution in [0.2, 0.25) is 0 Å². The monoisotopic (exact) mass is 318 g/mol. The molecule has 114 valence electrons. The zero-order valence-corrected chi connectivity index (χ0v) is 13.5. The highest BCUT2D eigenvalue weighted by Gasteiger charge is 2.31. The van der Waals surface area contributed by atoms with Gasteiger partial charge in [0.15, 0.2) is 0 Å². The smallest absolute Gasteiger partial charge is 0.244 e. The lowest BCUT2D eigenvalue weighted by Crippen LogP contribution is -2.34. The van der Waals surface area contributed by atoms with Gasteiger partial charge in [0.05, 0.1) is 11.4 Å². The van der Waals surface area contributed by atoms with Crippen molar-refractivity contribution in [3.63, 3.8) is 0 Å². The SMILES string of the molecule is CCSC1CCC(NS(=O)(=O)c2c(CN)n[nH]c2C)C1. The van der Waals surface area contributed by atoms with E-state index in [4.69, 9.17) is 5.73 Å². The summed E-state index contributed by atoms with van der Waals surface area (Å²) in [6.07, 6.45) is 2.86. The second-order valence-electron chi connectivity index (χ2n) is 5.04. The Labute approximate surface area is 124 Å². The average Bonchev–Trinajstić information content (AvgIpc) is 2.96. The van der Waals surface area contributed by atoms with Crippen molar-refractivity contribution in [2.24, 2.45) is 5.73 Å². The quantitative estimate of drug-likeness (QED) is 0.730. The minimum absolute atomic E-state index is 0.0176. The molecule has 1 aromatic rings. The van der Waals surface area contributed by atoms with Gasteiger partial charge in [-0.1, -0.05) is 6.92 Å². The molecule has 8 heteroatoms. The lowest BCUT2D eigenvalue weighted by Gasteiger charge is -2.14. The number of H-pyrrole nitrogens is 1. The molecule has 1 aromatic heterocycles. The van der Waals surface area contributed by atoms with Crippen molar-refractivity contribution >= 4 is 21.8 Å². The molecule has 2 atom stereocenters. The number of thioether (sulfide) groups is 1. The molecule has 6 nitrogen and oxygen atoms in total. The summed E-state index contributed by atoms with van der Waals surface area (Å²) in [5.41, 5.74) is 6.49. The first-order valence-corrected chi connectivity index (χ1v) is 9.39. The predicted molar refractivity (Wildman–Crippen MR) is 81.1 cm³/mol. The van der Waals surface area contributed by atoms with Crippen molar-refractivity contribution in [3.8, 4) is 0 Å². The van der Waals surface area contributed by atoms with E-state index in [-0.39, 0.29) is 17.5 Å². The molecule has 1 aliphatic carbocycles. The minimum Gasteiger partial charge on any atom is -0.325 e. The summed E-state index contributed by atoms with van der Waals surface area (Å²) in [7, 11) is -3.55. The number of sulfonamides is 1. The van der Waals surface area contributed by atoms with Gasteiger partial charge >= 0.3 is 0 Å². The number of nitrogens with zero attached hydrogens (tertiary/aromatic N) is 1. The van der Waals surface area contributed by atoms with Crippen molar-refractivity contribution < 1.29 is 8.42 Å². The summed E-state index contributed by atoms with van der Waals surface area (Å²) in [6.45, 7) is 3.94. The van der Waals surface area contributed by atoms with Gasteiger partial charge < -0.3 is 5.73 Å². The summed E-state index contributed by atoms with van der Waals surface area (Å²) in [4.78, 5) is 0.214. The van der Waals surface area contributed by atoms with E-state index >= 15 is 0 Å². The van der Waals surface area contributed by atoms with Crippen molar-refractivity contribution in [2.45, 2.75) is 55.8 Å². The highest BCUT2D eigenvalue weighted by Crippen LogP contribution is 2.31. The van der Waals surface area contributed by atoms with Crippen LogP contribution in [0.4, 0.5) is 0 Å². The number of aromatic amines is 1. The lowest BCUT2D eigenvalue weighted by molar-refractivity contribution is 0.551. The fourth-order valence-corrected chi connectivity index (χ4v) is 5.48. The van der Waals surface area contributed by atoms with Crippen LogP contribution in [0.5, 0.6) is 0 Å². The molecule has 0 aliphatic heterocycles. The number of rotatable bonds is 6. The summed E-state index contributed by atoms with van der Waals surface area (Å²) in [5.74, 6) is 1.07. The van der Waals surface area contributed by atoms with Crippen LogP contribution >= 0.6 is 11.8 Å². The summed E-state index contributed by atoms with van der Waals surface area (Å²) in [6, 6.07) is 0.0176. The number of aromatic nitrogens is 2. The van der Waals surface area contributed by atoms with E-state index in [0.29, 0.717) is 16.6 Å². The number of aryl methyl sites for hydroxylation is 1. The van der Waals surface area contributed by atoms with E-state index in [1.165, 1.54) is 0 Å². The van der Waals surface area contributed by atoms with Gasteiger partial charge in [0.1, 0.15) is 4.90 Å². The molecule has 1 heterocycles. The number of nitrogens with two attached hydrogens (primary N) is 1. The molecule has 1 aliphatic rings. The molecule has 0 spiro atoms. The van der Waals surface area contributed by atoms with E-state index in [1.807, 2.05) is 11.8 Å². The summed E-state index contributed by atoms with van der Waals surface area (Å²) in [5, 5.41) is 7.20. The lowest BCUT2D eigenvalue weighted by atomic mass is 10.3. The Morgan fingerprint density at radius 3 is 2.90 bits per heavy atom. The van der Waals surface area contributed by atoms with Crippen LogP contribution in [0.1, 0.15) is 37.6 Å². The van der Waals surface area contributed by atoms with Crippen LogP contribution in [0.15, 0.2) is 4.90 Å². The maximum atomic E-state index is 12.5. The molecule has 0 radical (unpaired) electrons. The van der Waals surface area contributed by atoms with Gasteiger partial charge in [0, 0.05) is 17.8 Å². The Morgan fingerprint density at radius 2 is 2.25 bits per heavy atom. The van der Waals surface area contributed by atoms with Gasteiger partial charge in [-0.05, 0) is 31.9 Å². The van der Waals surface area contributed by atoms with Crippen LogP contribution in [-0.2, 0) is 16.6 Å². The highest BCUT2D eigenvalue weighted by molar-refractivity contribution is 7.99. The standard InChI is InChI=1S/C12H22N4O2S2/c1-3-19-10-5-4-9(6-10)16-20(17,18)12-8(2)14-15-11(12)7-13/h9-10,16H,3-7,13H2,1-2H3,(H,14,15). The molecule has 4 N–H and O–H groups in total. The van der Waals surface area contributed by atoms with Crippen molar-refractivity contribution in [2.75, 3.05) is 5.75 Å². The third kappa shape index (κ3) is 3.36. The fraction of sp³-hybridized carbons (Fsp3) is 0.750. The minimum atomic E-state index is -3.55. The molecule has 1 saturated carbocycles. The van der Waals surface area contributed by atoms with Gasteiger partial charge in [-0.15, -0.1) is 0 Å². The molecule has 2 rings (SSSR count). The van der Waals surface area contributed by atoms with E-state index in [1.54, 1.807) is 6.92 Å². The molecule has 0 saturated heterocycles. The molecule has 0 bridgehead atoms. The Bertz CT molecular complexity index is 556. The maximum Gasteiger partial charge on any atom is 0.244 e. The molecule has 0 amide bonds. The summed E-state index contributed by atoms with van der Waals surface area (Å²) < 4.78 is 27.8. The number of hydrogen-bond acceptors (Lipinski definition) is 5. The maximum absolute atomic E-state index is 12.5. The summed E-state index contributed by atoms with van der Waals surface area (Å²) >= 11 is 1.90. The molecule has 2 unspecified atom stereocenters. The van der Waals surface area contributed by atoms with E-state index in [0.717, 1.165) is 25.0 Å². The molecule has 0 aromatic carbocycles. The van der Waals surface area contributed by atoms with Gasteiger partial charge in [-0.2, -0.15) is 16.9 Å². The Balaban J connectivity index is 2.10. The average molecular weight is 318 g/mol.